The number of benzene rings is 1. The normalized spacial score (nSPS) is 10.5. The molecule has 0 radical (unpaired) electrons. The minimum absolute atomic E-state index is 0.263. The summed E-state index contributed by atoms with van der Waals surface area (Å²) in [4.78, 5) is 24.8. The maximum atomic E-state index is 12.4. The number of anilines is 1. The van der Waals surface area contributed by atoms with Gasteiger partial charge in [0.1, 0.15) is 12.0 Å². The molecular formula is C15H12BrN5O. The molecule has 0 aliphatic rings. The summed E-state index contributed by atoms with van der Waals surface area (Å²) < 4.78 is 2.16. The molecule has 1 aromatic carbocycles. The Morgan fingerprint density at radius 1 is 1.27 bits per heavy atom. The molecule has 0 unspecified atom stereocenters. The minimum Gasteiger partial charge on any atom is -0.321 e. The number of carbonyl (C=O) groups excluding carboxylic acids is 1. The number of rotatable bonds is 3. The number of halogens is 1. The quantitative estimate of drug-likeness (QED) is 0.781. The summed E-state index contributed by atoms with van der Waals surface area (Å²) in [5.41, 5.74) is 2.10. The van der Waals surface area contributed by atoms with Crippen molar-refractivity contribution in [3.63, 3.8) is 0 Å². The summed E-state index contributed by atoms with van der Waals surface area (Å²) in [6, 6.07) is 7.56. The molecule has 0 aliphatic heterocycles. The average molecular weight is 358 g/mol. The van der Waals surface area contributed by atoms with E-state index in [9.17, 15) is 4.79 Å². The molecule has 0 aliphatic carbocycles. The maximum absolute atomic E-state index is 12.4. The van der Waals surface area contributed by atoms with Gasteiger partial charge in [-0.05, 0) is 35.0 Å². The van der Waals surface area contributed by atoms with Gasteiger partial charge in [0, 0.05) is 24.3 Å². The minimum atomic E-state index is -0.306. The Bertz CT molecular complexity index is 799. The van der Waals surface area contributed by atoms with Crippen molar-refractivity contribution >= 4 is 27.5 Å². The van der Waals surface area contributed by atoms with E-state index in [1.165, 1.54) is 0 Å². The van der Waals surface area contributed by atoms with Crippen molar-refractivity contribution in [3.8, 4) is 5.95 Å². The van der Waals surface area contributed by atoms with Crippen molar-refractivity contribution in [2.75, 3.05) is 5.32 Å². The third kappa shape index (κ3) is 3.04. The fraction of sp³-hybridized carbons (Fsp3) is 0.0667. The van der Waals surface area contributed by atoms with Crippen molar-refractivity contribution in [1.29, 1.82) is 0 Å². The average Bonchev–Trinajstić information content (AvgIpc) is 3.04. The molecule has 1 amide bonds. The van der Waals surface area contributed by atoms with Crippen LogP contribution in [-0.4, -0.2) is 25.4 Å². The maximum Gasteiger partial charge on any atom is 0.275 e. The molecule has 0 saturated heterocycles. The number of aryl methyl sites for hydroxylation is 1. The fourth-order valence-electron chi connectivity index (χ4n) is 1.85. The van der Waals surface area contributed by atoms with Gasteiger partial charge in [0.15, 0.2) is 0 Å². The number of imidazole rings is 1. The highest BCUT2D eigenvalue weighted by Gasteiger charge is 2.14. The predicted octanol–water partition coefficient (Wildman–Crippen LogP) is 2.99. The van der Waals surface area contributed by atoms with E-state index in [1.807, 2.05) is 31.2 Å². The first-order valence-electron chi connectivity index (χ1n) is 6.52. The first-order valence-corrected chi connectivity index (χ1v) is 7.31. The van der Waals surface area contributed by atoms with E-state index in [2.05, 4.69) is 36.2 Å². The number of hydrogen-bond donors (Lipinski definition) is 1. The Balaban J connectivity index is 1.88. The number of nitrogens with one attached hydrogen (secondary N) is 1. The third-order valence-corrected chi connectivity index (χ3v) is 3.57. The van der Waals surface area contributed by atoms with Crippen LogP contribution in [0.5, 0.6) is 0 Å². The van der Waals surface area contributed by atoms with Crippen LogP contribution in [0.3, 0.4) is 0 Å². The molecule has 0 saturated carbocycles. The van der Waals surface area contributed by atoms with E-state index >= 15 is 0 Å². The smallest absolute Gasteiger partial charge is 0.275 e. The molecule has 110 valence electrons. The standard InChI is InChI=1S/C15H12BrN5O/c1-10-2-4-11(5-3-10)19-14(22)13-12(16)8-18-15(20-13)21-7-6-17-9-21/h2-9H,1H3,(H,19,22). The van der Waals surface area contributed by atoms with Crippen molar-refractivity contribution in [1.82, 2.24) is 19.5 Å². The van der Waals surface area contributed by atoms with Crippen LogP contribution in [0.4, 0.5) is 5.69 Å². The Labute approximate surface area is 135 Å². The van der Waals surface area contributed by atoms with Crippen LogP contribution < -0.4 is 5.32 Å². The zero-order chi connectivity index (χ0) is 15.5. The SMILES string of the molecule is Cc1ccc(NC(=O)c2nc(-n3ccnc3)ncc2Br)cc1. The third-order valence-electron chi connectivity index (χ3n) is 2.99. The topological polar surface area (TPSA) is 72.7 Å². The van der Waals surface area contributed by atoms with E-state index in [0.29, 0.717) is 16.1 Å². The Morgan fingerprint density at radius 2 is 2.05 bits per heavy atom. The van der Waals surface area contributed by atoms with Gasteiger partial charge in [-0.25, -0.2) is 15.0 Å². The summed E-state index contributed by atoms with van der Waals surface area (Å²) in [5.74, 6) is 0.0780. The van der Waals surface area contributed by atoms with Crippen LogP contribution in [0.2, 0.25) is 0 Å². The summed E-state index contributed by atoms with van der Waals surface area (Å²) in [6.45, 7) is 1.99. The summed E-state index contributed by atoms with van der Waals surface area (Å²) in [6.07, 6.45) is 6.46. The lowest BCUT2D eigenvalue weighted by atomic mass is 10.2. The van der Waals surface area contributed by atoms with Crippen molar-refractivity contribution in [2.24, 2.45) is 0 Å². The first-order chi connectivity index (χ1) is 10.6. The van der Waals surface area contributed by atoms with E-state index in [4.69, 9.17) is 0 Å². The van der Waals surface area contributed by atoms with Gasteiger partial charge in [-0.15, -0.1) is 0 Å². The highest BCUT2D eigenvalue weighted by molar-refractivity contribution is 9.10. The molecule has 6 nitrogen and oxygen atoms in total. The molecular weight excluding hydrogens is 346 g/mol. The van der Waals surface area contributed by atoms with Gasteiger partial charge >= 0.3 is 0 Å². The van der Waals surface area contributed by atoms with Gasteiger partial charge in [-0.2, -0.15) is 0 Å². The second-order valence-electron chi connectivity index (χ2n) is 4.66. The summed E-state index contributed by atoms with van der Waals surface area (Å²) in [5, 5.41) is 2.81. The van der Waals surface area contributed by atoms with Crippen LogP contribution in [-0.2, 0) is 0 Å². The van der Waals surface area contributed by atoms with Crippen molar-refractivity contribution < 1.29 is 4.79 Å². The van der Waals surface area contributed by atoms with E-state index in [1.54, 1.807) is 29.5 Å². The van der Waals surface area contributed by atoms with E-state index < -0.39 is 0 Å². The molecule has 0 bridgehead atoms. The largest absolute Gasteiger partial charge is 0.321 e. The van der Waals surface area contributed by atoms with Crippen LogP contribution in [0, 0.1) is 6.92 Å². The van der Waals surface area contributed by atoms with Gasteiger partial charge in [-0.3, -0.25) is 9.36 Å². The summed E-state index contributed by atoms with van der Waals surface area (Å²) in [7, 11) is 0. The molecule has 3 aromatic rings. The number of hydrogen-bond acceptors (Lipinski definition) is 4. The van der Waals surface area contributed by atoms with Crippen molar-refractivity contribution in [3.05, 3.63) is 64.9 Å². The fourth-order valence-corrected chi connectivity index (χ4v) is 2.22. The second-order valence-corrected chi connectivity index (χ2v) is 5.51. The zero-order valence-corrected chi connectivity index (χ0v) is 13.3. The predicted molar refractivity (Wildman–Crippen MR) is 86.0 cm³/mol. The lowest BCUT2D eigenvalue weighted by molar-refractivity contribution is 0.102. The molecule has 0 spiro atoms. The Hall–Kier alpha value is -2.54. The van der Waals surface area contributed by atoms with Gasteiger partial charge in [0.2, 0.25) is 5.95 Å². The van der Waals surface area contributed by atoms with E-state index in [0.717, 1.165) is 5.56 Å². The molecule has 2 aromatic heterocycles. The highest BCUT2D eigenvalue weighted by atomic mass is 79.9. The number of nitrogens with zero attached hydrogens (tertiary/aromatic N) is 4. The second kappa shape index (κ2) is 6.07. The zero-order valence-electron chi connectivity index (χ0n) is 11.7. The lowest BCUT2D eigenvalue weighted by Crippen LogP contribution is -2.16. The van der Waals surface area contributed by atoms with Gasteiger partial charge in [-0.1, -0.05) is 17.7 Å². The Morgan fingerprint density at radius 3 is 2.73 bits per heavy atom. The van der Waals surface area contributed by atoms with Crippen LogP contribution >= 0.6 is 15.9 Å². The summed E-state index contributed by atoms with van der Waals surface area (Å²) >= 11 is 3.31. The highest BCUT2D eigenvalue weighted by Crippen LogP contribution is 2.17. The van der Waals surface area contributed by atoms with Crippen LogP contribution in [0.15, 0.2) is 53.7 Å². The number of amides is 1. The monoisotopic (exact) mass is 357 g/mol. The molecule has 22 heavy (non-hydrogen) atoms. The molecule has 0 fully saturated rings. The number of carbonyl (C=O) groups is 1. The molecule has 3 rings (SSSR count). The molecule has 1 N–H and O–H groups in total. The number of aromatic nitrogens is 4. The Kier molecular flexibility index (Phi) is 3.97. The van der Waals surface area contributed by atoms with Gasteiger partial charge < -0.3 is 5.32 Å². The lowest BCUT2D eigenvalue weighted by Gasteiger charge is -2.08. The van der Waals surface area contributed by atoms with Crippen LogP contribution in [0.1, 0.15) is 16.1 Å². The van der Waals surface area contributed by atoms with Crippen molar-refractivity contribution in [2.45, 2.75) is 6.92 Å². The van der Waals surface area contributed by atoms with Gasteiger partial charge in [0.05, 0.1) is 4.47 Å². The first kappa shape index (κ1) is 14.4. The molecule has 0 atom stereocenters. The van der Waals surface area contributed by atoms with Crippen LogP contribution in [0.25, 0.3) is 5.95 Å². The molecule has 7 heteroatoms. The molecule has 2 heterocycles. The van der Waals surface area contributed by atoms with Gasteiger partial charge in [0.25, 0.3) is 5.91 Å². The van der Waals surface area contributed by atoms with E-state index in [-0.39, 0.29) is 11.6 Å².